The maximum Gasteiger partial charge on any atom is 0.315 e. The SMILES string of the molecule is Cc1ccc(CNC(=O)NCC(=O)NCCCc2ccccc2)cc1. The topological polar surface area (TPSA) is 70.2 Å². The quantitative estimate of drug-likeness (QED) is 0.647. The molecule has 3 N–H and O–H groups in total. The molecule has 0 aliphatic heterocycles. The second-order valence-corrected chi connectivity index (χ2v) is 5.96. The molecule has 2 aromatic rings. The zero-order chi connectivity index (χ0) is 17.9. The van der Waals surface area contributed by atoms with Crippen LogP contribution in [0.3, 0.4) is 0 Å². The van der Waals surface area contributed by atoms with E-state index in [1.807, 2.05) is 49.4 Å². The number of benzene rings is 2. The second kappa shape index (κ2) is 10.1. The number of aryl methyl sites for hydroxylation is 2. The number of carbonyl (C=O) groups is 2. The van der Waals surface area contributed by atoms with E-state index in [9.17, 15) is 9.59 Å². The van der Waals surface area contributed by atoms with Crippen molar-refractivity contribution in [3.05, 3.63) is 71.3 Å². The van der Waals surface area contributed by atoms with Crippen molar-refractivity contribution in [3.8, 4) is 0 Å². The van der Waals surface area contributed by atoms with Crippen LogP contribution in [0, 0.1) is 6.92 Å². The number of urea groups is 1. The van der Waals surface area contributed by atoms with Crippen molar-refractivity contribution in [1.29, 1.82) is 0 Å². The molecular formula is C20H25N3O2. The molecule has 0 heterocycles. The van der Waals surface area contributed by atoms with Crippen LogP contribution in [0.5, 0.6) is 0 Å². The second-order valence-electron chi connectivity index (χ2n) is 5.96. The van der Waals surface area contributed by atoms with Crippen molar-refractivity contribution in [3.63, 3.8) is 0 Å². The van der Waals surface area contributed by atoms with Crippen molar-refractivity contribution < 1.29 is 9.59 Å². The van der Waals surface area contributed by atoms with E-state index in [1.165, 1.54) is 11.1 Å². The standard InChI is InChI=1S/C20H25N3O2/c1-16-9-11-18(12-10-16)14-22-20(25)23-15-19(24)21-13-5-8-17-6-3-2-4-7-17/h2-4,6-7,9-12H,5,8,13-15H2,1H3,(H,21,24)(H2,22,23,25). The Kier molecular flexibility index (Phi) is 7.50. The molecule has 0 saturated heterocycles. The lowest BCUT2D eigenvalue weighted by Gasteiger charge is -2.09. The van der Waals surface area contributed by atoms with E-state index >= 15 is 0 Å². The van der Waals surface area contributed by atoms with Crippen LogP contribution in [0.4, 0.5) is 4.79 Å². The minimum absolute atomic E-state index is 0.0227. The fourth-order valence-corrected chi connectivity index (χ4v) is 2.34. The molecule has 2 aromatic carbocycles. The van der Waals surface area contributed by atoms with Crippen LogP contribution in [-0.2, 0) is 17.8 Å². The highest BCUT2D eigenvalue weighted by atomic mass is 16.2. The largest absolute Gasteiger partial charge is 0.355 e. The molecule has 25 heavy (non-hydrogen) atoms. The van der Waals surface area contributed by atoms with Crippen LogP contribution in [0.25, 0.3) is 0 Å². The van der Waals surface area contributed by atoms with Gasteiger partial charge in [0.15, 0.2) is 0 Å². The van der Waals surface area contributed by atoms with Gasteiger partial charge >= 0.3 is 6.03 Å². The summed E-state index contributed by atoms with van der Waals surface area (Å²) in [6, 6.07) is 17.7. The van der Waals surface area contributed by atoms with Crippen molar-refractivity contribution in [2.75, 3.05) is 13.1 Å². The van der Waals surface area contributed by atoms with E-state index in [4.69, 9.17) is 0 Å². The smallest absolute Gasteiger partial charge is 0.315 e. The summed E-state index contributed by atoms with van der Waals surface area (Å²) in [7, 11) is 0. The molecule has 5 nitrogen and oxygen atoms in total. The Morgan fingerprint density at radius 1 is 0.840 bits per heavy atom. The van der Waals surface area contributed by atoms with Crippen molar-refractivity contribution >= 4 is 11.9 Å². The van der Waals surface area contributed by atoms with Crippen LogP contribution >= 0.6 is 0 Å². The number of nitrogens with one attached hydrogen (secondary N) is 3. The van der Waals surface area contributed by atoms with Gasteiger partial charge in [0.05, 0.1) is 6.54 Å². The molecule has 0 unspecified atom stereocenters. The maximum absolute atomic E-state index is 11.7. The van der Waals surface area contributed by atoms with E-state index in [2.05, 4.69) is 28.1 Å². The van der Waals surface area contributed by atoms with Gasteiger partial charge in [-0.05, 0) is 30.9 Å². The Bertz CT molecular complexity index is 669. The number of amides is 3. The molecule has 0 radical (unpaired) electrons. The van der Waals surface area contributed by atoms with Gasteiger partial charge in [0.1, 0.15) is 0 Å². The zero-order valence-corrected chi connectivity index (χ0v) is 14.5. The van der Waals surface area contributed by atoms with Crippen LogP contribution in [0.1, 0.15) is 23.1 Å². The van der Waals surface area contributed by atoms with Crippen molar-refractivity contribution in [2.45, 2.75) is 26.3 Å². The van der Waals surface area contributed by atoms with Crippen LogP contribution in [0.15, 0.2) is 54.6 Å². The first-order valence-corrected chi connectivity index (χ1v) is 8.51. The van der Waals surface area contributed by atoms with Gasteiger partial charge in [-0.15, -0.1) is 0 Å². The van der Waals surface area contributed by atoms with Gasteiger partial charge in [-0.25, -0.2) is 4.79 Å². The Labute approximate surface area is 148 Å². The summed E-state index contributed by atoms with van der Waals surface area (Å²) in [6.45, 7) is 3.03. The highest BCUT2D eigenvalue weighted by molar-refractivity contribution is 5.83. The summed E-state index contributed by atoms with van der Waals surface area (Å²) in [5.74, 6) is -0.182. The molecule has 0 fully saturated rings. The molecule has 0 saturated carbocycles. The predicted octanol–water partition coefficient (Wildman–Crippen LogP) is 2.54. The Balaban J connectivity index is 1.54. The van der Waals surface area contributed by atoms with E-state index in [0.717, 1.165) is 18.4 Å². The molecule has 0 aliphatic carbocycles. The maximum atomic E-state index is 11.7. The molecule has 0 atom stereocenters. The predicted molar refractivity (Wildman–Crippen MR) is 99.2 cm³/mol. The molecule has 2 rings (SSSR count). The Hall–Kier alpha value is -2.82. The lowest BCUT2D eigenvalue weighted by molar-refractivity contribution is -0.120. The number of rotatable bonds is 8. The third-order valence-electron chi connectivity index (χ3n) is 3.79. The summed E-state index contributed by atoms with van der Waals surface area (Å²) in [5, 5.41) is 8.10. The molecular weight excluding hydrogens is 314 g/mol. The van der Waals surface area contributed by atoms with Gasteiger partial charge in [0.25, 0.3) is 0 Å². The van der Waals surface area contributed by atoms with Gasteiger partial charge in [0, 0.05) is 13.1 Å². The average molecular weight is 339 g/mol. The normalized spacial score (nSPS) is 10.1. The van der Waals surface area contributed by atoms with Gasteiger partial charge < -0.3 is 16.0 Å². The van der Waals surface area contributed by atoms with E-state index in [1.54, 1.807) is 0 Å². The zero-order valence-electron chi connectivity index (χ0n) is 14.5. The Morgan fingerprint density at radius 3 is 2.28 bits per heavy atom. The third-order valence-corrected chi connectivity index (χ3v) is 3.79. The first kappa shape index (κ1) is 18.5. The summed E-state index contributed by atoms with van der Waals surface area (Å²) in [4.78, 5) is 23.4. The minimum Gasteiger partial charge on any atom is -0.355 e. The first-order chi connectivity index (χ1) is 12.1. The molecule has 3 amide bonds. The summed E-state index contributed by atoms with van der Waals surface area (Å²) in [6.07, 6.45) is 1.79. The minimum atomic E-state index is -0.347. The van der Waals surface area contributed by atoms with E-state index < -0.39 is 0 Å². The lowest BCUT2D eigenvalue weighted by Crippen LogP contribution is -2.42. The molecule has 0 aliphatic rings. The lowest BCUT2D eigenvalue weighted by atomic mass is 10.1. The van der Waals surface area contributed by atoms with E-state index in [-0.39, 0.29) is 18.5 Å². The fraction of sp³-hybridized carbons (Fsp3) is 0.300. The van der Waals surface area contributed by atoms with Crippen LogP contribution < -0.4 is 16.0 Å². The summed E-state index contributed by atoms with van der Waals surface area (Å²) >= 11 is 0. The number of hydrogen-bond acceptors (Lipinski definition) is 2. The molecule has 0 aromatic heterocycles. The van der Waals surface area contributed by atoms with Gasteiger partial charge in [-0.2, -0.15) is 0 Å². The third kappa shape index (κ3) is 7.52. The van der Waals surface area contributed by atoms with E-state index in [0.29, 0.717) is 13.1 Å². The summed E-state index contributed by atoms with van der Waals surface area (Å²) in [5.41, 5.74) is 3.45. The summed E-state index contributed by atoms with van der Waals surface area (Å²) < 4.78 is 0. The van der Waals surface area contributed by atoms with Gasteiger partial charge in [0.2, 0.25) is 5.91 Å². The molecule has 0 spiro atoms. The van der Waals surface area contributed by atoms with Crippen molar-refractivity contribution in [1.82, 2.24) is 16.0 Å². The molecule has 132 valence electrons. The van der Waals surface area contributed by atoms with Gasteiger partial charge in [-0.1, -0.05) is 60.2 Å². The van der Waals surface area contributed by atoms with Crippen LogP contribution in [0.2, 0.25) is 0 Å². The molecule has 5 heteroatoms. The van der Waals surface area contributed by atoms with Crippen LogP contribution in [-0.4, -0.2) is 25.0 Å². The highest BCUT2D eigenvalue weighted by Gasteiger charge is 2.04. The fourth-order valence-electron chi connectivity index (χ4n) is 2.34. The number of hydrogen-bond donors (Lipinski definition) is 3. The monoisotopic (exact) mass is 339 g/mol. The number of carbonyl (C=O) groups excluding carboxylic acids is 2. The van der Waals surface area contributed by atoms with Crippen molar-refractivity contribution in [2.24, 2.45) is 0 Å². The first-order valence-electron chi connectivity index (χ1n) is 8.51. The van der Waals surface area contributed by atoms with Gasteiger partial charge in [-0.3, -0.25) is 4.79 Å². The average Bonchev–Trinajstić information content (AvgIpc) is 2.64. The highest BCUT2D eigenvalue weighted by Crippen LogP contribution is 2.02. The molecule has 0 bridgehead atoms. The Morgan fingerprint density at radius 2 is 1.56 bits per heavy atom.